The minimum Gasteiger partial charge on any atom is -0.357 e. The maximum absolute atomic E-state index is 4.78. The number of hydrogen-bond acceptors (Lipinski definition) is 4. The molecule has 0 spiro atoms. The van der Waals surface area contributed by atoms with E-state index in [2.05, 4.69) is 70.3 Å². The summed E-state index contributed by atoms with van der Waals surface area (Å²) in [6, 6.07) is 9.01. The third-order valence-electron chi connectivity index (χ3n) is 5.63. The molecule has 0 radical (unpaired) electrons. The quantitative estimate of drug-likeness (QED) is 0.306. The van der Waals surface area contributed by atoms with Gasteiger partial charge in [0.15, 0.2) is 5.96 Å². The van der Waals surface area contributed by atoms with Crippen molar-refractivity contribution in [2.45, 2.75) is 45.0 Å². The molecule has 0 amide bonds. The monoisotopic (exact) mass is 531 g/mol. The Labute approximate surface area is 198 Å². The van der Waals surface area contributed by atoms with Gasteiger partial charge in [-0.1, -0.05) is 31.2 Å². The van der Waals surface area contributed by atoms with Crippen LogP contribution in [0.15, 0.2) is 29.3 Å². The summed E-state index contributed by atoms with van der Waals surface area (Å²) in [4.78, 5) is 9.87. The van der Waals surface area contributed by atoms with Gasteiger partial charge in [0, 0.05) is 51.1 Å². The molecule has 3 rings (SSSR count). The second kappa shape index (κ2) is 13.7. The van der Waals surface area contributed by atoms with Gasteiger partial charge >= 0.3 is 0 Å². The van der Waals surface area contributed by atoms with Gasteiger partial charge in [0.05, 0.1) is 6.54 Å². The van der Waals surface area contributed by atoms with Crippen molar-refractivity contribution in [3.8, 4) is 0 Å². The highest BCUT2D eigenvalue weighted by Gasteiger charge is 2.16. The third kappa shape index (κ3) is 8.63. The van der Waals surface area contributed by atoms with Crippen molar-refractivity contribution >= 4 is 41.7 Å². The maximum atomic E-state index is 4.78. The van der Waals surface area contributed by atoms with Crippen LogP contribution < -0.4 is 10.6 Å². The van der Waals surface area contributed by atoms with Crippen LogP contribution in [0.4, 0.5) is 0 Å². The number of likely N-dealkylation sites (N-methyl/N-ethyl adjacent to an activating group) is 1. The van der Waals surface area contributed by atoms with Gasteiger partial charge in [-0.15, -0.1) is 24.0 Å². The molecule has 1 atom stereocenters. The molecule has 2 heterocycles. The molecule has 7 heteroatoms. The summed E-state index contributed by atoms with van der Waals surface area (Å²) >= 11 is 2.08. The Morgan fingerprint density at radius 1 is 1.03 bits per heavy atom. The SMILES string of the molecule is CCNC(=NCc1ccc(CN2CCN(CC)CC2)cc1)NCC1CCCS1.I. The Morgan fingerprint density at radius 2 is 1.72 bits per heavy atom. The van der Waals surface area contributed by atoms with E-state index in [9.17, 15) is 0 Å². The van der Waals surface area contributed by atoms with Crippen molar-refractivity contribution in [1.29, 1.82) is 0 Å². The molecule has 2 saturated heterocycles. The fourth-order valence-electron chi connectivity index (χ4n) is 3.80. The van der Waals surface area contributed by atoms with Crippen LogP contribution in [0.5, 0.6) is 0 Å². The van der Waals surface area contributed by atoms with Crippen molar-refractivity contribution in [2.24, 2.45) is 4.99 Å². The fraction of sp³-hybridized carbons (Fsp3) is 0.682. The van der Waals surface area contributed by atoms with Crippen LogP contribution in [-0.4, -0.2) is 72.6 Å². The zero-order valence-corrected chi connectivity index (χ0v) is 21.2. The molecule has 5 nitrogen and oxygen atoms in total. The summed E-state index contributed by atoms with van der Waals surface area (Å²) < 4.78 is 0. The molecule has 0 aromatic heterocycles. The number of piperazine rings is 1. The zero-order valence-electron chi connectivity index (χ0n) is 18.0. The number of halogens is 1. The Hall–Kier alpha value is -0.510. The second-order valence-corrected chi connectivity index (χ2v) is 9.15. The molecule has 0 saturated carbocycles. The lowest BCUT2D eigenvalue weighted by Crippen LogP contribution is -2.45. The zero-order chi connectivity index (χ0) is 19.6. The average Bonchev–Trinajstić information content (AvgIpc) is 3.25. The van der Waals surface area contributed by atoms with Crippen LogP contribution in [0.3, 0.4) is 0 Å². The normalized spacial score (nSPS) is 21.0. The highest BCUT2D eigenvalue weighted by atomic mass is 127. The molecule has 2 fully saturated rings. The molecule has 29 heavy (non-hydrogen) atoms. The van der Waals surface area contributed by atoms with E-state index < -0.39 is 0 Å². The first-order valence-electron chi connectivity index (χ1n) is 10.9. The average molecular weight is 532 g/mol. The van der Waals surface area contributed by atoms with E-state index in [-0.39, 0.29) is 24.0 Å². The number of nitrogens with one attached hydrogen (secondary N) is 2. The molecule has 0 bridgehead atoms. The van der Waals surface area contributed by atoms with E-state index in [4.69, 9.17) is 4.99 Å². The van der Waals surface area contributed by atoms with E-state index in [1.165, 1.54) is 62.4 Å². The van der Waals surface area contributed by atoms with Gasteiger partial charge in [0.25, 0.3) is 0 Å². The molecule has 0 aliphatic carbocycles. The molecular formula is C22H38IN5S. The van der Waals surface area contributed by atoms with Crippen molar-refractivity contribution in [1.82, 2.24) is 20.4 Å². The van der Waals surface area contributed by atoms with Gasteiger partial charge in [0.2, 0.25) is 0 Å². The third-order valence-corrected chi connectivity index (χ3v) is 7.02. The molecule has 1 unspecified atom stereocenters. The predicted octanol–water partition coefficient (Wildman–Crippen LogP) is 3.39. The number of aliphatic imine (C=N–C) groups is 1. The van der Waals surface area contributed by atoms with Crippen LogP contribution in [-0.2, 0) is 13.1 Å². The molecule has 2 N–H and O–H groups in total. The van der Waals surface area contributed by atoms with Crippen LogP contribution in [0.2, 0.25) is 0 Å². The number of rotatable bonds is 8. The summed E-state index contributed by atoms with van der Waals surface area (Å²) in [5.74, 6) is 2.24. The van der Waals surface area contributed by atoms with E-state index in [1.54, 1.807) is 0 Å². The van der Waals surface area contributed by atoms with E-state index >= 15 is 0 Å². The minimum atomic E-state index is 0. The first-order valence-corrected chi connectivity index (χ1v) is 12.0. The van der Waals surface area contributed by atoms with Crippen LogP contribution in [0, 0.1) is 0 Å². The first kappa shape index (κ1) is 24.8. The van der Waals surface area contributed by atoms with E-state index in [0.717, 1.165) is 37.4 Å². The van der Waals surface area contributed by atoms with Gasteiger partial charge in [0.1, 0.15) is 0 Å². The molecular weight excluding hydrogens is 493 g/mol. The van der Waals surface area contributed by atoms with Crippen molar-refractivity contribution in [2.75, 3.05) is 51.6 Å². The second-order valence-electron chi connectivity index (χ2n) is 7.74. The van der Waals surface area contributed by atoms with Gasteiger partial charge in [-0.3, -0.25) is 4.90 Å². The van der Waals surface area contributed by atoms with Crippen molar-refractivity contribution in [3.63, 3.8) is 0 Å². The standard InChI is InChI=1S/C22H37N5S.HI/c1-3-23-22(25-17-21-6-5-15-28-21)24-16-19-7-9-20(10-8-19)18-27-13-11-26(4-2)12-14-27;/h7-10,21H,3-6,11-18H2,1-2H3,(H2,23,24,25);1H. The highest BCUT2D eigenvalue weighted by molar-refractivity contribution is 14.0. The summed E-state index contributed by atoms with van der Waals surface area (Å²) in [6.07, 6.45) is 2.68. The van der Waals surface area contributed by atoms with Crippen LogP contribution in [0.1, 0.15) is 37.8 Å². The Balaban J connectivity index is 0.00000300. The predicted molar refractivity (Wildman–Crippen MR) is 138 cm³/mol. The number of benzene rings is 1. The smallest absolute Gasteiger partial charge is 0.191 e. The molecule has 1 aromatic carbocycles. The molecule has 2 aliphatic heterocycles. The lowest BCUT2D eigenvalue weighted by atomic mass is 10.1. The number of hydrogen-bond donors (Lipinski definition) is 2. The summed E-state index contributed by atoms with van der Waals surface area (Å²) in [6.45, 7) is 14.0. The Bertz CT molecular complexity index is 596. The number of guanidine groups is 1. The topological polar surface area (TPSA) is 42.9 Å². The minimum absolute atomic E-state index is 0. The first-order chi connectivity index (χ1) is 13.8. The molecule has 164 valence electrons. The molecule has 1 aromatic rings. The Kier molecular flexibility index (Phi) is 11.7. The maximum Gasteiger partial charge on any atom is 0.191 e. The summed E-state index contributed by atoms with van der Waals surface area (Å²) in [5, 5.41) is 7.62. The van der Waals surface area contributed by atoms with Crippen molar-refractivity contribution < 1.29 is 0 Å². The lowest BCUT2D eigenvalue weighted by molar-refractivity contribution is 0.132. The van der Waals surface area contributed by atoms with Gasteiger partial charge in [-0.25, -0.2) is 4.99 Å². The van der Waals surface area contributed by atoms with Gasteiger partial charge in [-0.2, -0.15) is 11.8 Å². The number of nitrogens with zero attached hydrogens (tertiary/aromatic N) is 3. The number of thioether (sulfide) groups is 1. The molecule has 2 aliphatic rings. The van der Waals surface area contributed by atoms with E-state index in [0.29, 0.717) is 0 Å². The Morgan fingerprint density at radius 3 is 2.34 bits per heavy atom. The largest absolute Gasteiger partial charge is 0.357 e. The summed E-state index contributed by atoms with van der Waals surface area (Å²) in [7, 11) is 0. The summed E-state index contributed by atoms with van der Waals surface area (Å²) in [5.41, 5.74) is 2.67. The van der Waals surface area contributed by atoms with E-state index in [1.807, 2.05) is 0 Å². The van der Waals surface area contributed by atoms with Crippen LogP contribution in [0.25, 0.3) is 0 Å². The van der Waals surface area contributed by atoms with Gasteiger partial charge in [-0.05, 0) is 43.2 Å². The highest BCUT2D eigenvalue weighted by Crippen LogP contribution is 2.25. The van der Waals surface area contributed by atoms with Crippen molar-refractivity contribution in [3.05, 3.63) is 35.4 Å². The lowest BCUT2D eigenvalue weighted by Gasteiger charge is -2.34. The van der Waals surface area contributed by atoms with Crippen LogP contribution >= 0.6 is 35.7 Å². The fourth-order valence-corrected chi connectivity index (χ4v) is 5.00. The van der Waals surface area contributed by atoms with Gasteiger partial charge < -0.3 is 15.5 Å².